The smallest absolute Gasteiger partial charge is 0.392 e. The molecule has 0 aliphatic rings. The fraction of sp³-hybridized carbons (Fsp3) is 0.364. The number of alkyl halides is 3. The molecule has 1 unspecified atom stereocenters. The van der Waals surface area contributed by atoms with Gasteiger partial charge in [0.05, 0.1) is 6.61 Å². The van der Waals surface area contributed by atoms with E-state index in [-0.39, 0.29) is 11.3 Å². The molecule has 19 heavy (non-hydrogen) atoms. The Balaban J connectivity index is 3.01. The van der Waals surface area contributed by atoms with Gasteiger partial charge < -0.3 is 15.5 Å². The van der Waals surface area contributed by atoms with Crippen LogP contribution in [0.5, 0.6) is 0 Å². The Morgan fingerprint density at radius 3 is 2.47 bits per heavy atom. The van der Waals surface area contributed by atoms with Crippen molar-refractivity contribution in [3.63, 3.8) is 0 Å². The van der Waals surface area contributed by atoms with Gasteiger partial charge in [-0.1, -0.05) is 0 Å². The summed E-state index contributed by atoms with van der Waals surface area (Å²) in [5.74, 6) is -1.60. The van der Waals surface area contributed by atoms with Crippen molar-refractivity contribution in [2.45, 2.75) is 25.3 Å². The number of hydrogen-bond donors (Lipinski definition) is 3. The number of anilines is 1. The second-order valence-corrected chi connectivity index (χ2v) is 5.23. The van der Waals surface area contributed by atoms with Gasteiger partial charge in [0.15, 0.2) is 0 Å². The average molecular weight is 389 g/mol. The third kappa shape index (κ3) is 3.57. The lowest BCUT2D eigenvalue weighted by atomic mass is 10.1. The third-order valence-corrected chi connectivity index (χ3v) is 3.15. The van der Waals surface area contributed by atoms with Crippen LogP contribution in [0, 0.1) is 3.57 Å². The van der Waals surface area contributed by atoms with E-state index in [4.69, 9.17) is 5.11 Å². The van der Waals surface area contributed by atoms with Gasteiger partial charge in [-0.25, -0.2) is 0 Å². The third-order valence-electron chi connectivity index (χ3n) is 2.48. The molecule has 8 heteroatoms. The number of amides is 1. The molecule has 1 rings (SSSR count). The molecule has 0 spiro atoms. The molecule has 1 aromatic carbocycles. The molecule has 106 valence electrons. The van der Waals surface area contributed by atoms with E-state index < -0.39 is 24.3 Å². The van der Waals surface area contributed by atoms with Gasteiger partial charge in [0.2, 0.25) is 5.60 Å². The molecule has 4 nitrogen and oxygen atoms in total. The summed E-state index contributed by atoms with van der Waals surface area (Å²) in [5.41, 5.74) is -3.21. The maximum absolute atomic E-state index is 12.5. The number of carbonyl (C=O) groups excluding carboxylic acids is 1. The Hall–Kier alpha value is -0.870. The number of carbonyl (C=O) groups is 1. The van der Waals surface area contributed by atoms with E-state index in [1.54, 1.807) is 6.07 Å². The Morgan fingerprint density at radius 1 is 1.42 bits per heavy atom. The summed E-state index contributed by atoms with van der Waals surface area (Å²) in [6.45, 7) is -0.0751. The van der Waals surface area contributed by atoms with Crippen LogP contribution in [0.4, 0.5) is 18.9 Å². The minimum Gasteiger partial charge on any atom is -0.392 e. The zero-order chi connectivity index (χ0) is 14.8. The Morgan fingerprint density at radius 2 is 2.00 bits per heavy atom. The largest absolute Gasteiger partial charge is 0.426 e. The van der Waals surface area contributed by atoms with E-state index in [1.807, 2.05) is 27.9 Å². The van der Waals surface area contributed by atoms with E-state index in [2.05, 4.69) is 0 Å². The minimum absolute atomic E-state index is 0.0254. The van der Waals surface area contributed by atoms with E-state index in [0.29, 0.717) is 6.92 Å². The molecule has 0 radical (unpaired) electrons. The van der Waals surface area contributed by atoms with Crippen molar-refractivity contribution in [1.82, 2.24) is 0 Å². The fourth-order valence-electron chi connectivity index (χ4n) is 1.19. The van der Waals surface area contributed by atoms with Gasteiger partial charge in [-0.3, -0.25) is 4.79 Å². The number of hydrogen-bond acceptors (Lipinski definition) is 3. The van der Waals surface area contributed by atoms with Crippen LogP contribution in [-0.4, -0.2) is 27.9 Å². The molecule has 0 fully saturated rings. The van der Waals surface area contributed by atoms with Crippen molar-refractivity contribution in [3.8, 4) is 0 Å². The number of benzene rings is 1. The average Bonchev–Trinajstić information content (AvgIpc) is 2.29. The van der Waals surface area contributed by atoms with Gasteiger partial charge in [-0.2, -0.15) is 13.2 Å². The predicted molar refractivity (Wildman–Crippen MR) is 70.4 cm³/mol. The van der Waals surface area contributed by atoms with Crippen LogP contribution in [0.15, 0.2) is 18.2 Å². The first-order valence-electron chi connectivity index (χ1n) is 5.09. The fourth-order valence-corrected chi connectivity index (χ4v) is 1.74. The number of halogens is 4. The highest BCUT2D eigenvalue weighted by atomic mass is 127. The Kier molecular flexibility index (Phi) is 4.80. The summed E-state index contributed by atoms with van der Waals surface area (Å²) in [5, 5.41) is 20.2. The molecule has 0 saturated heterocycles. The minimum atomic E-state index is -5.08. The molecule has 0 aliphatic carbocycles. The van der Waals surface area contributed by atoms with Crippen LogP contribution >= 0.6 is 22.6 Å². The van der Waals surface area contributed by atoms with Crippen molar-refractivity contribution in [3.05, 3.63) is 27.3 Å². The molecule has 1 amide bonds. The second-order valence-electron chi connectivity index (χ2n) is 3.98. The van der Waals surface area contributed by atoms with Crippen molar-refractivity contribution in [2.24, 2.45) is 0 Å². The second kappa shape index (κ2) is 5.63. The molecule has 1 aromatic rings. The highest BCUT2D eigenvalue weighted by molar-refractivity contribution is 14.1. The normalized spacial score (nSPS) is 14.9. The molecule has 0 aromatic heterocycles. The first-order valence-corrected chi connectivity index (χ1v) is 6.17. The summed E-state index contributed by atoms with van der Waals surface area (Å²) in [7, 11) is 0. The Bertz CT molecular complexity index is 489. The predicted octanol–water partition coefficient (Wildman–Crippen LogP) is 2.04. The first kappa shape index (κ1) is 16.2. The quantitative estimate of drug-likeness (QED) is 0.694. The number of rotatable bonds is 3. The molecule has 0 saturated carbocycles. The summed E-state index contributed by atoms with van der Waals surface area (Å²) >= 11 is 1.95. The molecule has 3 N–H and O–H groups in total. The van der Waals surface area contributed by atoms with Gasteiger partial charge >= 0.3 is 6.18 Å². The molecule has 0 bridgehead atoms. The monoisotopic (exact) mass is 389 g/mol. The summed E-state index contributed by atoms with van der Waals surface area (Å²) in [6.07, 6.45) is -5.08. The lowest BCUT2D eigenvalue weighted by molar-refractivity contribution is -0.242. The van der Waals surface area contributed by atoms with Crippen LogP contribution in [0.1, 0.15) is 12.5 Å². The van der Waals surface area contributed by atoms with Gasteiger partial charge in [0.1, 0.15) is 0 Å². The van der Waals surface area contributed by atoms with E-state index in [1.165, 1.54) is 12.1 Å². The molecule has 0 aliphatic heterocycles. The summed E-state index contributed by atoms with van der Waals surface area (Å²) in [6, 6.07) is 4.42. The van der Waals surface area contributed by atoms with Gasteiger partial charge in [0, 0.05) is 14.8 Å². The SMILES string of the molecule is CC(O)(C(=O)Nc1ccc(I)cc1CO)C(F)(F)F. The van der Waals surface area contributed by atoms with Crippen LogP contribution in [0.3, 0.4) is 0 Å². The zero-order valence-electron chi connectivity index (χ0n) is 9.75. The molecule has 1 atom stereocenters. The highest BCUT2D eigenvalue weighted by Crippen LogP contribution is 2.31. The van der Waals surface area contributed by atoms with Gasteiger partial charge in [0.25, 0.3) is 5.91 Å². The Labute approximate surface area is 120 Å². The van der Waals surface area contributed by atoms with Crippen LogP contribution < -0.4 is 5.32 Å². The van der Waals surface area contributed by atoms with Crippen molar-refractivity contribution >= 4 is 34.2 Å². The standard InChI is InChI=1S/C11H11F3INO3/c1-10(19,11(12,13)14)9(18)16-8-3-2-7(15)4-6(8)5-17/h2-4,17,19H,5H2,1H3,(H,16,18). The molecular weight excluding hydrogens is 378 g/mol. The molecule has 0 heterocycles. The van der Waals surface area contributed by atoms with Crippen LogP contribution in [0.2, 0.25) is 0 Å². The topological polar surface area (TPSA) is 69.6 Å². The van der Waals surface area contributed by atoms with E-state index >= 15 is 0 Å². The van der Waals surface area contributed by atoms with E-state index in [0.717, 1.165) is 3.57 Å². The van der Waals surface area contributed by atoms with Gasteiger partial charge in [-0.05, 0) is 47.7 Å². The summed E-state index contributed by atoms with van der Waals surface area (Å²) in [4.78, 5) is 11.5. The number of nitrogens with one attached hydrogen (secondary N) is 1. The van der Waals surface area contributed by atoms with Crippen LogP contribution in [-0.2, 0) is 11.4 Å². The summed E-state index contributed by atoms with van der Waals surface area (Å²) < 4.78 is 38.2. The highest BCUT2D eigenvalue weighted by Gasteiger charge is 2.55. The first-order chi connectivity index (χ1) is 8.59. The van der Waals surface area contributed by atoms with Gasteiger partial charge in [-0.15, -0.1) is 0 Å². The lowest BCUT2D eigenvalue weighted by Gasteiger charge is -2.25. The lowest BCUT2D eigenvalue weighted by Crippen LogP contribution is -2.52. The molecular formula is C11H11F3INO3. The van der Waals surface area contributed by atoms with Crippen molar-refractivity contribution in [2.75, 3.05) is 5.32 Å². The maximum Gasteiger partial charge on any atom is 0.426 e. The van der Waals surface area contributed by atoms with Crippen molar-refractivity contribution < 1.29 is 28.2 Å². The van der Waals surface area contributed by atoms with Crippen LogP contribution in [0.25, 0.3) is 0 Å². The number of aliphatic hydroxyl groups excluding tert-OH is 1. The number of aliphatic hydroxyl groups is 2. The maximum atomic E-state index is 12.5. The van der Waals surface area contributed by atoms with E-state index in [9.17, 15) is 23.1 Å². The zero-order valence-corrected chi connectivity index (χ0v) is 11.9. The van der Waals surface area contributed by atoms with Crippen molar-refractivity contribution in [1.29, 1.82) is 0 Å².